The number of imidazole rings is 1. The number of halogens is 1. The van der Waals surface area contributed by atoms with E-state index in [1.165, 1.54) is 0 Å². The standard InChI is InChI=1S/C15H16ClN5S/c1-9(2)21-8-18-11-7-17-15(20-14(11)21)19-13-10(16)5-4-6-12(13)22-3/h4-9H,1-3H3,(H,17,19,20). The van der Waals surface area contributed by atoms with Crippen LogP contribution in [0.5, 0.6) is 0 Å². The van der Waals surface area contributed by atoms with E-state index < -0.39 is 0 Å². The minimum Gasteiger partial charge on any atom is -0.322 e. The SMILES string of the molecule is CSc1cccc(Cl)c1Nc1ncc2ncn(C(C)C)c2n1. The van der Waals surface area contributed by atoms with Crippen molar-refractivity contribution in [1.29, 1.82) is 0 Å². The van der Waals surface area contributed by atoms with Crippen LogP contribution in [0.3, 0.4) is 0 Å². The highest BCUT2D eigenvalue weighted by atomic mass is 35.5. The molecule has 0 saturated heterocycles. The molecule has 0 aliphatic carbocycles. The molecule has 0 atom stereocenters. The summed E-state index contributed by atoms with van der Waals surface area (Å²) in [7, 11) is 0. The van der Waals surface area contributed by atoms with Crippen molar-refractivity contribution >= 4 is 46.2 Å². The van der Waals surface area contributed by atoms with Gasteiger partial charge in [0.05, 0.1) is 23.2 Å². The first-order valence-electron chi connectivity index (χ1n) is 6.89. The van der Waals surface area contributed by atoms with Crippen molar-refractivity contribution in [3.63, 3.8) is 0 Å². The fraction of sp³-hybridized carbons (Fsp3) is 0.267. The third-order valence-corrected chi connectivity index (χ3v) is 4.40. The van der Waals surface area contributed by atoms with Crippen LogP contribution < -0.4 is 5.32 Å². The summed E-state index contributed by atoms with van der Waals surface area (Å²) < 4.78 is 2.02. The number of benzene rings is 1. The molecule has 5 nitrogen and oxygen atoms in total. The molecule has 2 heterocycles. The molecule has 0 saturated carbocycles. The van der Waals surface area contributed by atoms with Gasteiger partial charge >= 0.3 is 0 Å². The van der Waals surface area contributed by atoms with E-state index >= 15 is 0 Å². The van der Waals surface area contributed by atoms with E-state index in [-0.39, 0.29) is 6.04 Å². The topological polar surface area (TPSA) is 55.6 Å². The van der Waals surface area contributed by atoms with Crippen LogP contribution in [0.15, 0.2) is 35.6 Å². The van der Waals surface area contributed by atoms with Crippen molar-refractivity contribution in [3.8, 4) is 0 Å². The number of nitrogens with one attached hydrogen (secondary N) is 1. The van der Waals surface area contributed by atoms with E-state index in [0.29, 0.717) is 11.0 Å². The molecular weight excluding hydrogens is 318 g/mol. The van der Waals surface area contributed by atoms with Gasteiger partial charge in [0.25, 0.3) is 0 Å². The van der Waals surface area contributed by atoms with Gasteiger partial charge in [-0.2, -0.15) is 4.98 Å². The Morgan fingerprint density at radius 2 is 2.09 bits per heavy atom. The number of anilines is 2. The third-order valence-electron chi connectivity index (χ3n) is 3.30. The fourth-order valence-corrected chi connectivity index (χ4v) is 3.03. The van der Waals surface area contributed by atoms with Crippen LogP contribution in [0.2, 0.25) is 5.02 Å². The van der Waals surface area contributed by atoms with Crippen molar-refractivity contribution < 1.29 is 0 Å². The Morgan fingerprint density at radius 3 is 2.82 bits per heavy atom. The molecule has 0 fully saturated rings. The first kappa shape index (κ1) is 15.1. The molecule has 22 heavy (non-hydrogen) atoms. The van der Waals surface area contributed by atoms with Gasteiger partial charge in [-0.3, -0.25) is 0 Å². The minimum atomic E-state index is 0.287. The predicted octanol–water partition coefficient (Wildman–Crippen LogP) is 4.53. The average Bonchev–Trinajstić information content (AvgIpc) is 2.92. The molecule has 3 aromatic rings. The molecule has 0 aliphatic heterocycles. The van der Waals surface area contributed by atoms with Gasteiger partial charge in [-0.15, -0.1) is 11.8 Å². The molecule has 7 heteroatoms. The van der Waals surface area contributed by atoms with Crippen molar-refractivity contribution in [3.05, 3.63) is 35.7 Å². The Kier molecular flexibility index (Phi) is 4.22. The Morgan fingerprint density at radius 1 is 1.27 bits per heavy atom. The highest BCUT2D eigenvalue weighted by Gasteiger charge is 2.12. The largest absolute Gasteiger partial charge is 0.322 e. The first-order valence-corrected chi connectivity index (χ1v) is 8.49. The number of thioether (sulfide) groups is 1. The van der Waals surface area contributed by atoms with E-state index in [2.05, 4.69) is 34.1 Å². The van der Waals surface area contributed by atoms with Crippen LogP contribution in [0.25, 0.3) is 11.2 Å². The number of para-hydroxylation sites is 1. The maximum Gasteiger partial charge on any atom is 0.229 e. The maximum atomic E-state index is 6.29. The van der Waals surface area contributed by atoms with E-state index in [1.54, 1.807) is 24.3 Å². The number of fused-ring (bicyclic) bond motifs is 1. The molecule has 0 aliphatic rings. The molecule has 1 N–H and O–H groups in total. The van der Waals surface area contributed by atoms with Crippen molar-refractivity contribution in [2.24, 2.45) is 0 Å². The fourth-order valence-electron chi connectivity index (χ4n) is 2.17. The second-order valence-corrected chi connectivity index (χ2v) is 6.35. The summed E-state index contributed by atoms with van der Waals surface area (Å²) >= 11 is 7.91. The van der Waals surface area contributed by atoms with Gasteiger partial charge in [-0.1, -0.05) is 17.7 Å². The average molecular weight is 334 g/mol. The Labute approximate surface area is 138 Å². The van der Waals surface area contributed by atoms with Gasteiger partial charge in [-0.25, -0.2) is 9.97 Å². The number of hydrogen-bond donors (Lipinski definition) is 1. The normalized spacial score (nSPS) is 11.3. The van der Waals surface area contributed by atoms with Gasteiger partial charge in [0.2, 0.25) is 5.95 Å². The zero-order valence-electron chi connectivity index (χ0n) is 12.5. The molecule has 2 aromatic heterocycles. The quantitative estimate of drug-likeness (QED) is 0.711. The predicted molar refractivity (Wildman–Crippen MR) is 92.2 cm³/mol. The molecule has 1 aromatic carbocycles. The van der Waals surface area contributed by atoms with Crippen molar-refractivity contribution in [1.82, 2.24) is 19.5 Å². The van der Waals surface area contributed by atoms with E-state index in [9.17, 15) is 0 Å². The van der Waals surface area contributed by atoms with Crippen LogP contribution in [-0.2, 0) is 0 Å². The summed E-state index contributed by atoms with van der Waals surface area (Å²) in [5.41, 5.74) is 2.42. The Bertz CT molecular complexity index is 815. The second-order valence-electron chi connectivity index (χ2n) is 5.09. The summed E-state index contributed by atoms with van der Waals surface area (Å²) in [4.78, 5) is 14.3. The van der Waals surface area contributed by atoms with Gasteiger partial charge in [-0.05, 0) is 32.2 Å². The number of rotatable bonds is 4. The number of nitrogens with zero attached hydrogens (tertiary/aromatic N) is 4. The van der Waals surface area contributed by atoms with E-state index in [0.717, 1.165) is 21.7 Å². The highest BCUT2D eigenvalue weighted by Crippen LogP contribution is 2.33. The second kappa shape index (κ2) is 6.14. The Balaban J connectivity index is 2.03. The summed E-state index contributed by atoms with van der Waals surface area (Å²) in [5.74, 6) is 0.512. The van der Waals surface area contributed by atoms with Crippen LogP contribution in [-0.4, -0.2) is 25.8 Å². The molecule has 0 spiro atoms. The van der Waals surface area contributed by atoms with Crippen molar-refractivity contribution in [2.45, 2.75) is 24.8 Å². The molecule has 3 rings (SSSR count). The lowest BCUT2D eigenvalue weighted by molar-refractivity contribution is 0.613. The molecule has 0 unspecified atom stereocenters. The smallest absolute Gasteiger partial charge is 0.229 e. The van der Waals surface area contributed by atoms with Gasteiger partial charge in [0, 0.05) is 10.9 Å². The van der Waals surface area contributed by atoms with Crippen LogP contribution >= 0.6 is 23.4 Å². The zero-order valence-corrected chi connectivity index (χ0v) is 14.1. The molecule has 0 amide bonds. The van der Waals surface area contributed by atoms with Gasteiger partial charge in [0.1, 0.15) is 5.52 Å². The monoisotopic (exact) mass is 333 g/mol. The van der Waals surface area contributed by atoms with Gasteiger partial charge in [0.15, 0.2) is 5.65 Å². The molecular formula is C15H16ClN5S. The third kappa shape index (κ3) is 2.76. The minimum absolute atomic E-state index is 0.287. The summed E-state index contributed by atoms with van der Waals surface area (Å²) in [6.07, 6.45) is 5.52. The molecule has 0 radical (unpaired) electrons. The maximum absolute atomic E-state index is 6.29. The zero-order chi connectivity index (χ0) is 15.7. The number of hydrogen-bond acceptors (Lipinski definition) is 5. The van der Waals surface area contributed by atoms with Crippen LogP contribution in [0.1, 0.15) is 19.9 Å². The van der Waals surface area contributed by atoms with E-state index in [4.69, 9.17) is 11.6 Å². The Hall–Kier alpha value is -1.79. The highest BCUT2D eigenvalue weighted by molar-refractivity contribution is 7.98. The van der Waals surface area contributed by atoms with Gasteiger partial charge < -0.3 is 9.88 Å². The lowest BCUT2D eigenvalue weighted by Crippen LogP contribution is -2.03. The summed E-state index contributed by atoms with van der Waals surface area (Å²) in [5, 5.41) is 3.87. The summed E-state index contributed by atoms with van der Waals surface area (Å²) in [6.45, 7) is 4.19. The van der Waals surface area contributed by atoms with Crippen LogP contribution in [0, 0.1) is 0 Å². The number of aromatic nitrogens is 4. The molecule has 114 valence electrons. The van der Waals surface area contributed by atoms with Crippen molar-refractivity contribution in [2.75, 3.05) is 11.6 Å². The van der Waals surface area contributed by atoms with Crippen LogP contribution in [0.4, 0.5) is 11.6 Å². The lowest BCUT2D eigenvalue weighted by Gasteiger charge is -2.12. The summed E-state index contributed by atoms with van der Waals surface area (Å²) in [6, 6.07) is 6.07. The molecule has 0 bridgehead atoms. The lowest BCUT2D eigenvalue weighted by atomic mass is 10.3. The first-order chi connectivity index (χ1) is 10.6. The van der Waals surface area contributed by atoms with E-state index in [1.807, 2.05) is 29.0 Å².